The number of fused-ring (bicyclic) bond motifs is 5. The number of thiophene rings is 1. The summed E-state index contributed by atoms with van der Waals surface area (Å²) in [5.41, 5.74) is 3.14. The van der Waals surface area contributed by atoms with E-state index < -0.39 is 11.7 Å². The lowest BCUT2D eigenvalue weighted by Gasteiger charge is -2.19. The molecule has 7 rings (SSSR count). The molecular weight excluding hydrogens is 638 g/mol. The maximum atomic E-state index is 13.8. The number of H-pyrrole nitrogens is 1. The maximum Gasteiger partial charge on any atom is 0.412 e. The Morgan fingerprint density at radius 1 is 1.02 bits per heavy atom. The highest BCUT2D eigenvalue weighted by Crippen LogP contribution is 2.45. The zero-order valence-electron chi connectivity index (χ0n) is 25.7. The largest absolute Gasteiger partial charge is 0.507 e. The Morgan fingerprint density at radius 2 is 1.77 bits per heavy atom. The predicted molar refractivity (Wildman–Crippen MR) is 186 cm³/mol. The van der Waals surface area contributed by atoms with Gasteiger partial charge in [-0.25, -0.2) is 9.78 Å². The Balaban J connectivity index is 1.10. The average Bonchev–Trinajstić information content (AvgIpc) is 3.74. The zero-order chi connectivity index (χ0) is 33.0. The summed E-state index contributed by atoms with van der Waals surface area (Å²) in [6, 6.07) is 21.5. The van der Waals surface area contributed by atoms with Crippen LogP contribution in [0, 0.1) is 0 Å². The second kappa shape index (κ2) is 11.6. The van der Waals surface area contributed by atoms with Crippen molar-refractivity contribution in [2.75, 3.05) is 28.0 Å². The minimum Gasteiger partial charge on any atom is -0.507 e. The number of hydrogen-bond donors (Lipinski definition) is 4. The third-order valence-corrected chi connectivity index (χ3v) is 9.39. The van der Waals surface area contributed by atoms with Crippen molar-refractivity contribution in [2.24, 2.45) is 0 Å². The number of anilines is 3. The van der Waals surface area contributed by atoms with Crippen molar-refractivity contribution in [3.05, 3.63) is 89.1 Å². The van der Waals surface area contributed by atoms with Crippen molar-refractivity contribution in [3.63, 3.8) is 0 Å². The van der Waals surface area contributed by atoms with Crippen LogP contribution in [-0.4, -0.2) is 51.0 Å². The van der Waals surface area contributed by atoms with E-state index in [1.165, 1.54) is 11.3 Å². The van der Waals surface area contributed by atoms with Gasteiger partial charge >= 0.3 is 6.09 Å². The van der Waals surface area contributed by atoms with E-state index in [9.17, 15) is 19.5 Å². The molecule has 0 unspecified atom stereocenters. The molecule has 1 aliphatic rings. The van der Waals surface area contributed by atoms with Gasteiger partial charge in [0.05, 0.1) is 21.6 Å². The lowest BCUT2D eigenvalue weighted by atomic mass is 9.95. The second-order valence-electron chi connectivity index (χ2n) is 12.4. The van der Waals surface area contributed by atoms with Crippen molar-refractivity contribution in [1.82, 2.24) is 9.97 Å². The molecule has 2 aromatic heterocycles. The summed E-state index contributed by atoms with van der Waals surface area (Å²) in [6.45, 7) is 5.74. The number of carbonyl (C=O) groups is 3. The number of nitrogens with one attached hydrogen (secondary N) is 3. The molecule has 4 aromatic carbocycles. The molecule has 238 valence electrons. The number of rotatable bonds is 5. The number of hydrogen-bond acceptors (Lipinski definition) is 7. The topological polar surface area (TPSA) is 137 Å². The fourth-order valence-corrected chi connectivity index (χ4v) is 7.10. The van der Waals surface area contributed by atoms with Gasteiger partial charge in [0.1, 0.15) is 11.4 Å². The SMILES string of the molecule is CC(C)(C)OC(=O)Nc1ccc2sc(C(=O)Nc3ccc4[nH]c(C(=O)N5C[C@@H](CCl)c6c5cc(O)c5ccccc65)nc4c3)cc2c1. The Labute approximate surface area is 278 Å². The number of phenols is 1. The molecule has 0 saturated heterocycles. The zero-order valence-corrected chi connectivity index (χ0v) is 27.3. The molecule has 3 heterocycles. The van der Waals surface area contributed by atoms with E-state index in [1.54, 1.807) is 68.1 Å². The van der Waals surface area contributed by atoms with Gasteiger partial charge in [-0.1, -0.05) is 24.3 Å². The van der Waals surface area contributed by atoms with E-state index in [2.05, 4.69) is 20.6 Å². The van der Waals surface area contributed by atoms with Crippen LogP contribution in [0.15, 0.2) is 72.8 Å². The number of aromatic nitrogens is 2. The second-order valence-corrected chi connectivity index (χ2v) is 13.8. The van der Waals surface area contributed by atoms with Crippen molar-refractivity contribution in [1.29, 1.82) is 0 Å². The summed E-state index contributed by atoms with van der Waals surface area (Å²) in [6.07, 6.45) is -0.554. The van der Waals surface area contributed by atoms with E-state index in [-0.39, 0.29) is 29.3 Å². The summed E-state index contributed by atoms with van der Waals surface area (Å²) in [5, 5.41) is 18.8. The minimum atomic E-state index is -0.619. The molecule has 10 nitrogen and oxygen atoms in total. The number of ether oxygens (including phenoxy) is 1. The van der Waals surface area contributed by atoms with Gasteiger partial charge in [0.15, 0.2) is 5.82 Å². The fourth-order valence-electron chi connectivity index (χ4n) is 5.90. The summed E-state index contributed by atoms with van der Waals surface area (Å²) in [4.78, 5) is 48.9. The van der Waals surface area contributed by atoms with Crippen LogP contribution in [0.25, 0.3) is 31.9 Å². The van der Waals surface area contributed by atoms with Crippen molar-refractivity contribution < 1.29 is 24.2 Å². The molecule has 6 aromatic rings. The molecule has 0 fully saturated rings. The molecule has 0 spiro atoms. The molecule has 3 amide bonds. The quantitative estimate of drug-likeness (QED) is 0.137. The molecule has 1 atom stereocenters. The van der Waals surface area contributed by atoms with Crippen molar-refractivity contribution in [2.45, 2.75) is 32.3 Å². The molecular formula is C35H30ClN5O5S. The van der Waals surface area contributed by atoms with Crippen LogP contribution in [0.1, 0.15) is 52.5 Å². The van der Waals surface area contributed by atoms with Gasteiger partial charge in [0.25, 0.3) is 11.8 Å². The molecule has 12 heteroatoms. The number of phenolic OH excluding ortho intramolecular Hbond substituents is 1. The lowest BCUT2D eigenvalue weighted by Crippen LogP contribution is -2.30. The molecule has 0 aliphatic carbocycles. The first-order valence-electron chi connectivity index (χ1n) is 14.9. The van der Waals surface area contributed by atoms with Crippen LogP contribution in [-0.2, 0) is 4.74 Å². The third kappa shape index (κ3) is 5.84. The van der Waals surface area contributed by atoms with E-state index in [0.29, 0.717) is 50.8 Å². The number of carbonyl (C=O) groups excluding carboxylic acids is 3. The fraction of sp³-hybridized carbons (Fsp3) is 0.200. The summed E-state index contributed by atoms with van der Waals surface area (Å²) in [5.74, 6) is -0.202. The number of nitrogens with zero attached hydrogens (tertiary/aromatic N) is 2. The van der Waals surface area contributed by atoms with Gasteiger partial charge in [-0.05, 0) is 79.6 Å². The lowest BCUT2D eigenvalue weighted by molar-refractivity contribution is 0.0635. The first kappa shape index (κ1) is 30.5. The molecule has 47 heavy (non-hydrogen) atoms. The van der Waals surface area contributed by atoms with Crippen LogP contribution in [0.4, 0.5) is 21.9 Å². The molecule has 0 saturated carbocycles. The minimum absolute atomic E-state index is 0.0916. The highest BCUT2D eigenvalue weighted by Gasteiger charge is 2.36. The Hall–Kier alpha value is -5.13. The molecule has 1 aliphatic heterocycles. The van der Waals surface area contributed by atoms with E-state index in [1.807, 2.05) is 30.3 Å². The maximum absolute atomic E-state index is 13.8. The number of imidazole rings is 1. The predicted octanol–water partition coefficient (Wildman–Crippen LogP) is 8.22. The monoisotopic (exact) mass is 667 g/mol. The number of halogens is 1. The van der Waals surface area contributed by atoms with Crippen molar-refractivity contribution in [3.8, 4) is 5.75 Å². The summed E-state index contributed by atoms with van der Waals surface area (Å²) >= 11 is 7.68. The number of benzene rings is 4. The summed E-state index contributed by atoms with van der Waals surface area (Å²) in [7, 11) is 0. The number of alkyl halides is 1. The first-order chi connectivity index (χ1) is 22.5. The van der Waals surface area contributed by atoms with Gasteiger partial charge in [0.2, 0.25) is 0 Å². The number of aromatic hydroxyl groups is 1. The van der Waals surface area contributed by atoms with Crippen LogP contribution in [0.5, 0.6) is 5.75 Å². The number of aromatic amines is 1. The van der Waals surface area contributed by atoms with Crippen LogP contribution in [0.2, 0.25) is 0 Å². The van der Waals surface area contributed by atoms with Gasteiger partial charge in [-0.2, -0.15) is 0 Å². The van der Waals surface area contributed by atoms with Crippen LogP contribution >= 0.6 is 22.9 Å². The van der Waals surface area contributed by atoms with Crippen LogP contribution < -0.4 is 15.5 Å². The van der Waals surface area contributed by atoms with Gasteiger partial charge in [-0.15, -0.1) is 22.9 Å². The van der Waals surface area contributed by atoms with Gasteiger partial charge < -0.3 is 25.0 Å². The average molecular weight is 668 g/mol. The van der Waals surface area contributed by atoms with Crippen molar-refractivity contribution >= 4 is 89.8 Å². The van der Waals surface area contributed by atoms with E-state index in [4.69, 9.17) is 16.3 Å². The summed E-state index contributed by atoms with van der Waals surface area (Å²) < 4.78 is 6.21. The standard InChI is InChI=1S/C35H30ClN5O5S/c1-35(2,3)46-34(45)38-20-9-11-28-18(12-20)13-29(47-28)32(43)37-21-8-10-24-25(14-21)40-31(39-24)33(44)41-17-19(16-36)30-23-7-5-4-6-22(23)27(42)15-26(30)41/h4-15,19,42H,16-17H2,1-3H3,(H,37,43)(H,38,45)(H,39,40)/t19-/m1/s1. The van der Waals surface area contributed by atoms with Gasteiger partial charge in [0, 0.05) is 45.9 Å². The highest BCUT2D eigenvalue weighted by atomic mass is 35.5. The molecule has 0 radical (unpaired) electrons. The Kier molecular flexibility index (Phi) is 7.53. The molecule has 4 N–H and O–H groups in total. The first-order valence-corrected chi connectivity index (χ1v) is 16.3. The van der Waals surface area contributed by atoms with E-state index >= 15 is 0 Å². The number of amides is 3. The Bertz CT molecular complexity index is 2240. The van der Waals surface area contributed by atoms with Crippen LogP contribution in [0.3, 0.4) is 0 Å². The normalized spacial score (nSPS) is 14.5. The molecule has 0 bridgehead atoms. The smallest absolute Gasteiger partial charge is 0.412 e. The third-order valence-electron chi connectivity index (χ3n) is 7.90. The van der Waals surface area contributed by atoms with E-state index in [0.717, 1.165) is 21.0 Å². The van der Waals surface area contributed by atoms with Gasteiger partial charge in [-0.3, -0.25) is 14.9 Å². The Morgan fingerprint density at radius 3 is 2.53 bits per heavy atom. The highest BCUT2D eigenvalue weighted by molar-refractivity contribution is 7.20.